The molecule has 26 heavy (non-hydrogen) atoms. The van der Waals surface area contributed by atoms with E-state index in [0.29, 0.717) is 19.0 Å². The quantitative estimate of drug-likeness (QED) is 0.233. The molecular weight excluding hydrogens is 467 g/mol. The zero-order chi connectivity index (χ0) is 18.7. The van der Waals surface area contributed by atoms with Gasteiger partial charge >= 0.3 is 6.09 Å². The van der Waals surface area contributed by atoms with Crippen molar-refractivity contribution < 1.29 is 9.53 Å². The predicted molar refractivity (Wildman–Crippen MR) is 119 cm³/mol. The summed E-state index contributed by atoms with van der Waals surface area (Å²) in [6, 6.07) is 7.87. The highest BCUT2D eigenvalue weighted by molar-refractivity contribution is 14.0. The van der Waals surface area contributed by atoms with Crippen LogP contribution in [0.3, 0.4) is 0 Å². The first kappa shape index (κ1) is 24.8. The molecule has 1 aromatic carbocycles. The third-order valence-corrected chi connectivity index (χ3v) is 3.55. The van der Waals surface area contributed by atoms with E-state index in [1.165, 1.54) is 0 Å². The lowest BCUT2D eigenvalue weighted by atomic mass is 10.1. The minimum atomic E-state index is -0.489. The molecule has 1 rings (SSSR count). The second-order valence-electron chi connectivity index (χ2n) is 6.55. The second-order valence-corrected chi connectivity index (χ2v) is 6.96. The number of aryl methyl sites for hydroxylation is 1. The number of hydrogen-bond donors (Lipinski definition) is 3. The van der Waals surface area contributed by atoms with Crippen molar-refractivity contribution in [3.8, 4) is 0 Å². The Morgan fingerprint density at radius 2 is 1.73 bits per heavy atom. The van der Waals surface area contributed by atoms with Gasteiger partial charge in [0.15, 0.2) is 5.96 Å². The van der Waals surface area contributed by atoms with Crippen LogP contribution >= 0.6 is 35.6 Å². The van der Waals surface area contributed by atoms with Gasteiger partial charge in [-0.15, -0.1) is 24.0 Å². The van der Waals surface area contributed by atoms with Crippen LogP contribution in [0.2, 0.25) is 5.02 Å². The number of nitrogens with zero attached hydrogens (tertiary/aromatic N) is 1. The fourth-order valence-corrected chi connectivity index (χ4v) is 2.30. The molecule has 0 spiro atoms. The number of rotatable bonds is 7. The third-order valence-electron chi connectivity index (χ3n) is 3.18. The summed E-state index contributed by atoms with van der Waals surface area (Å²) in [7, 11) is 1.71. The summed E-state index contributed by atoms with van der Waals surface area (Å²) < 4.78 is 5.17. The molecule has 0 unspecified atom stereocenters. The Hall–Kier alpha value is -1.22. The average Bonchev–Trinajstić information content (AvgIpc) is 2.53. The van der Waals surface area contributed by atoms with Crippen LogP contribution in [0, 0.1) is 0 Å². The van der Waals surface area contributed by atoms with Gasteiger partial charge in [0.1, 0.15) is 5.60 Å². The zero-order valence-corrected chi connectivity index (χ0v) is 19.0. The lowest BCUT2D eigenvalue weighted by Gasteiger charge is -2.19. The SMILES string of the molecule is CN=C(NCCCc1ccccc1Cl)NCCNC(=O)OC(C)(C)C.I. The summed E-state index contributed by atoms with van der Waals surface area (Å²) in [6.45, 7) is 7.29. The number of amides is 1. The average molecular weight is 497 g/mol. The number of alkyl carbamates (subject to hydrolysis) is 1. The maximum absolute atomic E-state index is 11.5. The van der Waals surface area contributed by atoms with Crippen molar-refractivity contribution in [2.24, 2.45) is 4.99 Å². The smallest absolute Gasteiger partial charge is 0.407 e. The van der Waals surface area contributed by atoms with Crippen LogP contribution in [0.15, 0.2) is 29.3 Å². The van der Waals surface area contributed by atoms with Crippen molar-refractivity contribution in [2.75, 3.05) is 26.7 Å². The van der Waals surface area contributed by atoms with E-state index >= 15 is 0 Å². The van der Waals surface area contributed by atoms with Crippen molar-refractivity contribution in [1.29, 1.82) is 0 Å². The van der Waals surface area contributed by atoms with Gasteiger partial charge in [-0.05, 0) is 45.2 Å². The van der Waals surface area contributed by atoms with Crippen molar-refractivity contribution in [2.45, 2.75) is 39.2 Å². The zero-order valence-electron chi connectivity index (χ0n) is 15.9. The van der Waals surface area contributed by atoms with E-state index in [-0.39, 0.29) is 24.0 Å². The fourth-order valence-electron chi connectivity index (χ4n) is 2.07. The Labute approximate surface area is 178 Å². The van der Waals surface area contributed by atoms with Gasteiger partial charge in [-0.25, -0.2) is 4.79 Å². The molecule has 0 saturated heterocycles. The minimum Gasteiger partial charge on any atom is -0.444 e. The molecule has 0 bridgehead atoms. The van der Waals surface area contributed by atoms with E-state index in [4.69, 9.17) is 16.3 Å². The summed E-state index contributed by atoms with van der Waals surface area (Å²) >= 11 is 6.14. The summed E-state index contributed by atoms with van der Waals surface area (Å²) in [6.07, 6.45) is 1.43. The Kier molecular flexibility index (Phi) is 12.4. The van der Waals surface area contributed by atoms with Gasteiger partial charge in [-0.2, -0.15) is 0 Å². The Bertz CT molecular complexity index is 577. The highest BCUT2D eigenvalue weighted by Gasteiger charge is 2.15. The lowest BCUT2D eigenvalue weighted by Crippen LogP contribution is -2.42. The molecule has 6 nitrogen and oxygen atoms in total. The molecular formula is C18H30ClIN4O2. The molecule has 0 atom stereocenters. The first-order valence-electron chi connectivity index (χ1n) is 8.46. The lowest BCUT2D eigenvalue weighted by molar-refractivity contribution is 0.0529. The number of halogens is 2. The highest BCUT2D eigenvalue weighted by Crippen LogP contribution is 2.16. The summed E-state index contributed by atoms with van der Waals surface area (Å²) in [5.74, 6) is 0.699. The molecule has 0 aliphatic carbocycles. The van der Waals surface area contributed by atoms with E-state index < -0.39 is 11.7 Å². The molecule has 1 aromatic rings. The third kappa shape index (κ3) is 11.4. The Morgan fingerprint density at radius 3 is 2.35 bits per heavy atom. The van der Waals surface area contributed by atoms with Crippen LogP contribution < -0.4 is 16.0 Å². The van der Waals surface area contributed by atoms with Gasteiger partial charge in [-0.1, -0.05) is 29.8 Å². The number of carbonyl (C=O) groups excluding carboxylic acids is 1. The number of guanidine groups is 1. The van der Waals surface area contributed by atoms with Gasteiger partial charge < -0.3 is 20.7 Å². The largest absolute Gasteiger partial charge is 0.444 e. The standard InChI is InChI=1S/C18H29ClN4O2.HI/c1-18(2,3)25-17(24)23-13-12-22-16(20-4)21-11-7-9-14-8-5-6-10-15(14)19;/h5-6,8,10H,7,9,11-13H2,1-4H3,(H,23,24)(H2,20,21,22);1H. The van der Waals surface area contributed by atoms with Crippen molar-refractivity contribution >= 4 is 47.6 Å². The van der Waals surface area contributed by atoms with Crippen LogP contribution in [0.5, 0.6) is 0 Å². The molecule has 0 heterocycles. The summed E-state index contributed by atoms with van der Waals surface area (Å²) in [4.78, 5) is 15.7. The van der Waals surface area contributed by atoms with Crippen molar-refractivity contribution in [3.05, 3.63) is 34.9 Å². The number of nitrogens with one attached hydrogen (secondary N) is 3. The minimum absolute atomic E-state index is 0. The Morgan fingerprint density at radius 1 is 1.12 bits per heavy atom. The molecule has 3 N–H and O–H groups in total. The highest BCUT2D eigenvalue weighted by atomic mass is 127. The molecule has 8 heteroatoms. The fraction of sp³-hybridized carbons (Fsp3) is 0.556. The molecule has 0 aliphatic rings. The topological polar surface area (TPSA) is 74.8 Å². The maximum atomic E-state index is 11.5. The van der Waals surface area contributed by atoms with Crippen LogP contribution in [-0.2, 0) is 11.2 Å². The normalized spacial score (nSPS) is 11.3. The van der Waals surface area contributed by atoms with E-state index in [9.17, 15) is 4.79 Å². The number of carbonyl (C=O) groups is 1. The number of benzene rings is 1. The summed E-state index contributed by atoms with van der Waals surface area (Å²) in [5, 5.41) is 9.87. The summed E-state index contributed by atoms with van der Waals surface area (Å²) in [5.41, 5.74) is 0.659. The Balaban J connectivity index is 0.00000625. The van der Waals surface area contributed by atoms with Crippen LogP contribution in [0.4, 0.5) is 4.79 Å². The monoisotopic (exact) mass is 496 g/mol. The number of hydrogen-bond acceptors (Lipinski definition) is 3. The van der Waals surface area contributed by atoms with Gasteiger partial charge in [0, 0.05) is 31.7 Å². The molecule has 0 aliphatic heterocycles. The van der Waals surface area contributed by atoms with Crippen LogP contribution in [0.25, 0.3) is 0 Å². The van der Waals surface area contributed by atoms with Gasteiger partial charge in [0.2, 0.25) is 0 Å². The van der Waals surface area contributed by atoms with E-state index in [1.54, 1.807) is 7.05 Å². The molecule has 0 fully saturated rings. The maximum Gasteiger partial charge on any atom is 0.407 e. The number of aliphatic imine (C=N–C) groups is 1. The molecule has 0 saturated carbocycles. The van der Waals surface area contributed by atoms with Gasteiger partial charge in [-0.3, -0.25) is 4.99 Å². The first-order valence-corrected chi connectivity index (χ1v) is 8.84. The van der Waals surface area contributed by atoms with Gasteiger partial charge in [0.05, 0.1) is 0 Å². The van der Waals surface area contributed by atoms with E-state index in [2.05, 4.69) is 20.9 Å². The van der Waals surface area contributed by atoms with Crippen molar-refractivity contribution in [1.82, 2.24) is 16.0 Å². The molecule has 148 valence electrons. The molecule has 0 aromatic heterocycles. The second kappa shape index (κ2) is 13.0. The molecule has 1 amide bonds. The molecule has 0 radical (unpaired) electrons. The van der Waals surface area contributed by atoms with Gasteiger partial charge in [0.25, 0.3) is 0 Å². The van der Waals surface area contributed by atoms with Crippen LogP contribution in [-0.4, -0.2) is 44.3 Å². The van der Waals surface area contributed by atoms with E-state index in [0.717, 1.165) is 30.0 Å². The number of ether oxygens (including phenoxy) is 1. The first-order chi connectivity index (χ1) is 11.8. The van der Waals surface area contributed by atoms with E-state index in [1.807, 2.05) is 45.0 Å². The van der Waals surface area contributed by atoms with Crippen molar-refractivity contribution in [3.63, 3.8) is 0 Å². The van der Waals surface area contributed by atoms with Crippen LogP contribution in [0.1, 0.15) is 32.8 Å². The predicted octanol–water partition coefficient (Wildman–Crippen LogP) is 3.58.